The number of nitrogens with zero attached hydrogens (tertiary/aromatic N) is 3. The summed E-state index contributed by atoms with van der Waals surface area (Å²) in [5, 5.41) is 12.4. The van der Waals surface area contributed by atoms with Gasteiger partial charge in [-0.05, 0) is 59.0 Å². The summed E-state index contributed by atoms with van der Waals surface area (Å²) in [5.74, 6) is 1.35. The normalized spacial score (nSPS) is 17.6. The molecular weight excluding hydrogens is 449 g/mol. The summed E-state index contributed by atoms with van der Waals surface area (Å²) in [6.45, 7) is 1.39. The zero-order chi connectivity index (χ0) is 17.2. The highest BCUT2D eigenvalue weighted by Gasteiger charge is 2.29. The van der Waals surface area contributed by atoms with Gasteiger partial charge in [0.2, 0.25) is 11.8 Å². The third-order valence-electron chi connectivity index (χ3n) is 4.37. The zero-order valence-electron chi connectivity index (χ0n) is 13.4. The maximum atomic E-state index is 12.8. The third kappa shape index (κ3) is 3.48. The fraction of sp³-hybridized carbons (Fsp3) is 0.278. The summed E-state index contributed by atoms with van der Waals surface area (Å²) in [7, 11) is 0. The first-order valence-corrected chi connectivity index (χ1v) is 10.1. The van der Waals surface area contributed by atoms with Crippen molar-refractivity contribution in [3.63, 3.8) is 0 Å². The number of amides is 1. The Morgan fingerprint density at radius 2 is 2.16 bits per heavy atom. The molecular formula is C18H16IN3O2S. The Morgan fingerprint density at radius 1 is 1.28 bits per heavy atom. The minimum absolute atomic E-state index is 0.0762. The Labute approximate surface area is 163 Å². The summed E-state index contributed by atoms with van der Waals surface area (Å²) in [6.07, 6.45) is 1.90. The standard InChI is InChI=1S/C18H16IN3O2S/c19-15-6-2-1-5-14(15)18(23)22-8-3-4-12(10-22)16-20-21-17(24-16)13-7-9-25-11-13/h1-2,5-7,9,11-12H,3-4,8,10H2. The number of piperidine rings is 1. The maximum absolute atomic E-state index is 12.8. The second-order valence-corrected chi connectivity index (χ2v) is 7.97. The molecule has 1 amide bonds. The Kier molecular flexibility index (Phi) is 4.85. The van der Waals surface area contributed by atoms with Crippen molar-refractivity contribution in [1.29, 1.82) is 0 Å². The van der Waals surface area contributed by atoms with Gasteiger partial charge in [0, 0.05) is 27.6 Å². The lowest BCUT2D eigenvalue weighted by molar-refractivity contribution is 0.0697. The molecule has 1 aliphatic rings. The molecule has 1 atom stereocenters. The molecule has 25 heavy (non-hydrogen) atoms. The molecule has 3 heterocycles. The molecule has 1 unspecified atom stereocenters. The number of hydrogen-bond donors (Lipinski definition) is 0. The fourth-order valence-corrected chi connectivity index (χ4v) is 4.32. The van der Waals surface area contributed by atoms with E-state index in [1.807, 2.05) is 46.0 Å². The van der Waals surface area contributed by atoms with Crippen LogP contribution >= 0.6 is 33.9 Å². The van der Waals surface area contributed by atoms with Crippen molar-refractivity contribution in [3.05, 3.63) is 56.1 Å². The largest absolute Gasteiger partial charge is 0.420 e. The van der Waals surface area contributed by atoms with Crippen molar-refractivity contribution in [3.8, 4) is 11.5 Å². The highest BCUT2D eigenvalue weighted by Crippen LogP contribution is 2.30. The number of aromatic nitrogens is 2. The number of likely N-dealkylation sites (tertiary alicyclic amines) is 1. The molecule has 128 valence electrons. The van der Waals surface area contributed by atoms with Crippen molar-refractivity contribution < 1.29 is 9.21 Å². The first kappa shape index (κ1) is 16.7. The van der Waals surface area contributed by atoms with Gasteiger partial charge >= 0.3 is 0 Å². The summed E-state index contributed by atoms with van der Waals surface area (Å²) < 4.78 is 6.85. The number of hydrogen-bond acceptors (Lipinski definition) is 5. The second kappa shape index (κ2) is 7.25. The molecule has 0 spiro atoms. The molecule has 1 saturated heterocycles. The third-order valence-corrected chi connectivity index (χ3v) is 5.99. The Balaban J connectivity index is 1.51. The van der Waals surface area contributed by atoms with Gasteiger partial charge in [-0.25, -0.2) is 0 Å². The number of benzene rings is 1. The van der Waals surface area contributed by atoms with Crippen LogP contribution in [-0.2, 0) is 0 Å². The van der Waals surface area contributed by atoms with Gasteiger partial charge in [0.05, 0.1) is 11.5 Å². The van der Waals surface area contributed by atoms with Crippen LogP contribution in [0.3, 0.4) is 0 Å². The number of rotatable bonds is 3. The molecule has 0 saturated carbocycles. The molecule has 0 aliphatic carbocycles. The number of carbonyl (C=O) groups excluding carboxylic acids is 1. The van der Waals surface area contributed by atoms with E-state index in [9.17, 15) is 4.79 Å². The monoisotopic (exact) mass is 465 g/mol. The lowest BCUT2D eigenvalue weighted by Gasteiger charge is -2.31. The molecule has 1 aromatic carbocycles. The van der Waals surface area contributed by atoms with Crippen LogP contribution < -0.4 is 0 Å². The molecule has 3 aromatic rings. The van der Waals surface area contributed by atoms with E-state index >= 15 is 0 Å². The van der Waals surface area contributed by atoms with Crippen molar-refractivity contribution >= 4 is 39.8 Å². The topological polar surface area (TPSA) is 59.2 Å². The Hall–Kier alpha value is -1.74. The Morgan fingerprint density at radius 3 is 2.96 bits per heavy atom. The molecule has 1 fully saturated rings. The molecule has 1 aliphatic heterocycles. The predicted molar refractivity (Wildman–Crippen MR) is 105 cm³/mol. The second-order valence-electron chi connectivity index (χ2n) is 6.03. The fourth-order valence-electron chi connectivity index (χ4n) is 3.07. The highest BCUT2D eigenvalue weighted by molar-refractivity contribution is 14.1. The summed E-state index contributed by atoms with van der Waals surface area (Å²) in [5.41, 5.74) is 1.71. The summed E-state index contributed by atoms with van der Waals surface area (Å²) in [6, 6.07) is 9.66. The lowest BCUT2D eigenvalue weighted by Crippen LogP contribution is -2.39. The van der Waals surface area contributed by atoms with Gasteiger partial charge < -0.3 is 9.32 Å². The predicted octanol–water partition coefficient (Wildman–Crippen LogP) is 4.42. The van der Waals surface area contributed by atoms with E-state index in [4.69, 9.17) is 4.42 Å². The first-order chi connectivity index (χ1) is 12.2. The number of carbonyl (C=O) groups is 1. The van der Waals surface area contributed by atoms with E-state index in [0.717, 1.165) is 34.1 Å². The van der Waals surface area contributed by atoms with Crippen LogP contribution in [0, 0.1) is 3.57 Å². The summed E-state index contributed by atoms with van der Waals surface area (Å²) in [4.78, 5) is 14.7. The lowest BCUT2D eigenvalue weighted by atomic mass is 9.97. The van der Waals surface area contributed by atoms with Crippen molar-refractivity contribution in [2.24, 2.45) is 0 Å². The first-order valence-electron chi connectivity index (χ1n) is 8.12. The minimum Gasteiger partial charge on any atom is -0.420 e. The molecule has 0 radical (unpaired) electrons. The Bertz CT molecular complexity index is 878. The van der Waals surface area contributed by atoms with Crippen LogP contribution in [-0.4, -0.2) is 34.1 Å². The molecule has 5 nitrogen and oxygen atoms in total. The molecule has 4 rings (SSSR count). The average Bonchev–Trinajstić information content (AvgIpc) is 3.33. The van der Waals surface area contributed by atoms with Crippen LogP contribution in [0.5, 0.6) is 0 Å². The summed E-state index contributed by atoms with van der Waals surface area (Å²) >= 11 is 3.81. The van der Waals surface area contributed by atoms with Crippen LogP contribution in [0.1, 0.15) is 35.0 Å². The van der Waals surface area contributed by atoms with Gasteiger partial charge in [0.15, 0.2) is 0 Å². The maximum Gasteiger partial charge on any atom is 0.254 e. The van der Waals surface area contributed by atoms with E-state index in [-0.39, 0.29) is 11.8 Å². The van der Waals surface area contributed by atoms with Crippen LogP contribution in [0.2, 0.25) is 0 Å². The van der Waals surface area contributed by atoms with Crippen LogP contribution in [0.15, 0.2) is 45.5 Å². The molecule has 0 bridgehead atoms. The van der Waals surface area contributed by atoms with E-state index in [1.54, 1.807) is 11.3 Å². The number of thiophene rings is 1. The van der Waals surface area contributed by atoms with Gasteiger partial charge in [-0.15, -0.1) is 10.2 Å². The van der Waals surface area contributed by atoms with Gasteiger partial charge in [-0.1, -0.05) is 12.1 Å². The van der Waals surface area contributed by atoms with E-state index < -0.39 is 0 Å². The number of halogens is 1. The van der Waals surface area contributed by atoms with E-state index in [2.05, 4.69) is 32.8 Å². The molecule has 7 heteroatoms. The van der Waals surface area contributed by atoms with Crippen molar-refractivity contribution in [2.45, 2.75) is 18.8 Å². The van der Waals surface area contributed by atoms with Gasteiger partial charge in [0.25, 0.3) is 5.91 Å². The quantitative estimate of drug-likeness (QED) is 0.538. The van der Waals surface area contributed by atoms with E-state index in [0.29, 0.717) is 18.3 Å². The minimum atomic E-state index is 0.0762. The smallest absolute Gasteiger partial charge is 0.254 e. The zero-order valence-corrected chi connectivity index (χ0v) is 16.4. The van der Waals surface area contributed by atoms with Gasteiger partial charge in [-0.2, -0.15) is 11.3 Å². The van der Waals surface area contributed by atoms with Gasteiger partial charge in [-0.3, -0.25) is 4.79 Å². The molecule has 0 N–H and O–H groups in total. The molecule has 2 aromatic heterocycles. The highest BCUT2D eigenvalue weighted by atomic mass is 127. The van der Waals surface area contributed by atoms with E-state index in [1.165, 1.54) is 0 Å². The van der Waals surface area contributed by atoms with Crippen molar-refractivity contribution in [2.75, 3.05) is 13.1 Å². The average molecular weight is 465 g/mol. The van der Waals surface area contributed by atoms with Gasteiger partial charge in [0.1, 0.15) is 0 Å². The van der Waals surface area contributed by atoms with Crippen LogP contribution in [0.4, 0.5) is 0 Å². The van der Waals surface area contributed by atoms with Crippen LogP contribution in [0.25, 0.3) is 11.5 Å². The SMILES string of the molecule is O=C(c1ccccc1I)N1CCCC(c2nnc(-c3ccsc3)o2)C1. The van der Waals surface area contributed by atoms with Crippen molar-refractivity contribution in [1.82, 2.24) is 15.1 Å².